The van der Waals surface area contributed by atoms with Crippen LogP contribution in [0.5, 0.6) is 0 Å². The van der Waals surface area contributed by atoms with Gasteiger partial charge in [-0.15, -0.1) is 0 Å². The summed E-state index contributed by atoms with van der Waals surface area (Å²) in [5, 5.41) is 0. The topological polar surface area (TPSA) is 52.6 Å². The summed E-state index contributed by atoms with van der Waals surface area (Å²) in [4.78, 5) is 23.6. The predicted molar refractivity (Wildman–Crippen MR) is 132 cm³/mol. The third-order valence-corrected chi connectivity index (χ3v) is 7.22. The minimum Gasteiger partial charge on any atom is -0.465 e. The molecule has 0 heterocycles. The number of ether oxygens (including phenoxy) is 2. The van der Waals surface area contributed by atoms with Gasteiger partial charge in [-0.2, -0.15) is 0 Å². The summed E-state index contributed by atoms with van der Waals surface area (Å²) in [5.41, 5.74) is 0. The summed E-state index contributed by atoms with van der Waals surface area (Å²) in [6.45, 7) is 14.4. The van der Waals surface area contributed by atoms with Crippen molar-refractivity contribution in [3.63, 3.8) is 0 Å². The van der Waals surface area contributed by atoms with Crippen molar-refractivity contribution in [2.45, 2.75) is 92.9 Å². The minimum absolute atomic E-state index is 0.203. The molecule has 30 heavy (non-hydrogen) atoms. The van der Waals surface area contributed by atoms with Crippen molar-refractivity contribution >= 4 is 33.5 Å². The lowest BCUT2D eigenvalue weighted by atomic mass is 9.98. The van der Waals surface area contributed by atoms with E-state index in [9.17, 15) is 9.59 Å². The molecule has 0 aromatic rings. The van der Waals surface area contributed by atoms with Crippen molar-refractivity contribution in [1.82, 2.24) is 0 Å². The van der Waals surface area contributed by atoms with Crippen LogP contribution in [0.4, 0.5) is 0 Å². The Morgan fingerprint density at radius 1 is 0.600 bits per heavy atom. The molecule has 2 atom stereocenters. The SMILES string of the molecule is CC(C)CCCC(C)CCOC(=O)CSSCC(=O)OCCC(C)CCCC(C)C. The molecule has 0 fully saturated rings. The van der Waals surface area contributed by atoms with E-state index in [1.165, 1.54) is 60.1 Å². The van der Waals surface area contributed by atoms with Gasteiger partial charge in [0.2, 0.25) is 0 Å². The maximum absolute atomic E-state index is 11.8. The third-order valence-electron chi connectivity index (χ3n) is 5.14. The Labute approximate surface area is 193 Å². The molecule has 0 spiro atoms. The smallest absolute Gasteiger partial charge is 0.316 e. The molecule has 0 aliphatic rings. The molecular weight excluding hydrogens is 416 g/mol. The lowest BCUT2D eigenvalue weighted by Crippen LogP contribution is -2.12. The first kappa shape index (κ1) is 29.6. The Balaban J connectivity index is 3.56. The van der Waals surface area contributed by atoms with Gasteiger partial charge in [-0.3, -0.25) is 9.59 Å². The van der Waals surface area contributed by atoms with E-state index in [1.807, 2.05) is 0 Å². The normalized spacial score (nSPS) is 13.5. The highest BCUT2D eigenvalue weighted by atomic mass is 33.1. The summed E-state index contributed by atoms with van der Waals surface area (Å²) in [7, 11) is 2.72. The average Bonchev–Trinajstić information content (AvgIpc) is 2.64. The Kier molecular flexibility index (Phi) is 19.1. The van der Waals surface area contributed by atoms with E-state index >= 15 is 0 Å². The summed E-state index contributed by atoms with van der Waals surface area (Å²) >= 11 is 0. The Hall–Kier alpha value is -0.360. The second-order valence-electron chi connectivity index (χ2n) is 9.40. The van der Waals surface area contributed by atoms with Crippen LogP contribution >= 0.6 is 21.6 Å². The molecular formula is C24H46O4S2. The fourth-order valence-electron chi connectivity index (χ4n) is 3.05. The van der Waals surface area contributed by atoms with Gasteiger partial charge >= 0.3 is 11.9 Å². The van der Waals surface area contributed by atoms with Crippen LogP contribution in [0.25, 0.3) is 0 Å². The number of rotatable bonds is 19. The second kappa shape index (κ2) is 19.3. The molecule has 0 saturated heterocycles. The highest BCUT2D eigenvalue weighted by Crippen LogP contribution is 2.22. The first-order chi connectivity index (χ1) is 14.2. The van der Waals surface area contributed by atoms with Crippen molar-refractivity contribution in [3.05, 3.63) is 0 Å². The van der Waals surface area contributed by atoms with Gasteiger partial charge < -0.3 is 9.47 Å². The molecule has 178 valence electrons. The largest absolute Gasteiger partial charge is 0.465 e. The zero-order valence-corrected chi connectivity index (χ0v) is 21.9. The van der Waals surface area contributed by atoms with Crippen LogP contribution < -0.4 is 0 Å². The first-order valence-corrected chi connectivity index (χ1v) is 14.2. The molecule has 0 rings (SSSR count). The number of hydrogen-bond donors (Lipinski definition) is 0. The highest BCUT2D eigenvalue weighted by molar-refractivity contribution is 8.77. The molecule has 4 nitrogen and oxygen atoms in total. The third kappa shape index (κ3) is 20.9. The molecule has 2 unspecified atom stereocenters. The number of carbonyl (C=O) groups is 2. The predicted octanol–water partition coefficient (Wildman–Crippen LogP) is 7.16. The Morgan fingerprint density at radius 2 is 0.967 bits per heavy atom. The average molecular weight is 463 g/mol. The van der Waals surface area contributed by atoms with E-state index < -0.39 is 0 Å². The monoisotopic (exact) mass is 462 g/mol. The van der Waals surface area contributed by atoms with E-state index in [2.05, 4.69) is 41.5 Å². The van der Waals surface area contributed by atoms with Crippen molar-refractivity contribution < 1.29 is 19.1 Å². The zero-order chi connectivity index (χ0) is 22.8. The van der Waals surface area contributed by atoms with Crippen LogP contribution in [-0.4, -0.2) is 36.7 Å². The summed E-state index contributed by atoms with van der Waals surface area (Å²) in [6, 6.07) is 0. The van der Waals surface area contributed by atoms with E-state index in [1.54, 1.807) is 0 Å². The number of esters is 2. The van der Waals surface area contributed by atoms with Crippen molar-refractivity contribution in [2.75, 3.05) is 24.7 Å². The van der Waals surface area contributed by atoms with Gasteiger partial charge in [0, 0.05) is 0 Å². The maximum Gasteiger partial charge on any atom is 0.316 e. The van der Waals surface area contributed by atoms with Gasteiger partial charge in [0.15, 0.2) is 0 Å². The van der Waals surface area contributed by atoms with Crippen molar-refractivity contribution in [3.8, 4) is 0 Å². The quantitative estimate of drug-likeness (QED) is 0.115. The zero-order valence-electron chi connectivity index (χ0n) is 20.2. The van der Waals surface area contributed by atoms with Crippen LogP contribution in [0, 0.1) is 23.7 Å². The second-order valence-corrected chi connectivity index (χ2v) is 11.9. The molecule has 0 radical (unpaired) electrons. The van der Waals surface area contributed by atoms with Crippen LogP contribution in [0.1, 0.15) is 92.9 Å². The summed E-state index contributed by atoms with van der Waals surface area (Å²) < 4.78 is 10.6. The van der Waals surface area contributed by atoms with E-state index in [0.717, 1.165) is 24.7 Å². The molecule has 0 aliphatic heterocycles. The van der Waals surface area contributed by atoms with Crippen molar-refractivity contribution in [1.29, 1.82) is 0 Å². The standard InChI is InChI=1S/C24H46O4S2/c1-19(2)9-7-11-21(5)13-15-27-23(25)17-29-30-18-24(26)28-16-14-22(6)12-8-10-20(3)4/h19-22H,7-18H2,1-6H3. The van der Waals surface area contributed by atoms with E-state index in [4.69, 9.17) is 9.47 Å². The van der Waals surface area contributed by atoms with Gasteiger partial charge in [0.1, 0.15) is 11.5 Å². The molecule has 0 aromatic carbocycles. The minimum atomic E-state index is -0.203. The fourth-order valence-corrected chi connectivity index (χ4v) is 4.65. The fraction of sp³-hybridized carbons (Fsp3) is 0.917. The molecule has 0 N–H and O–H groups in total. The van der Waals surface area contributed by atoms with Crippen molar-refractivity contribution in [2.24, 2.45) is 23.7 Å². The Morgan fingerprint density at radius 3 is 1.30 bits per heavy atom. The van der Waals surface area contributed by atoms with E-state index in [-0.39, 0.29) is 23.4 Å². The van der Waals surface area contributed by atoms with Gasteiger partial charge in [-0.25, -0.2) is 0 Å². The van der Waals surface area contributed by atoms with Crippen LogP contribution in [0.15, 0.2) is 0 Å². The molecule has 6 heteroatoms. The summed E-state index contributed by atoms with van der Waals surface area (Å²) in [5.74, 6) is 2.82. The van der Waals surface area contributed by atoms with Gasteiger partial charge in [0.25, 0.3) is 0 Å². The molecule has 0 aromatic heterocycles. The van der Waals surface area contributed by atoms with Gasteiger partial charge in [-0.1, -0.05) is 102 Å². The Bertz CT molecular complexity index is 401. The lowest BCUT2D eigenvalue weighted by Gasteiger charge is -2.12. The summed E-state index contributed by atoms with van der Waals surface area (Å²) in [6.07, 6.45) is 9.24. The molecule has 0 bridgehead atoms. The highest BCUT2D eigenvalue weighted by Gasteiger charge is 2.10. The lowest BCUT2D eigenvalue weighted by molar-refractivity contribution is -0.141. The molecule has 0 saturated carbocycles. The molecule has 0 aliphatic carbocycles. The van der Waals surface area contributed by atoms with Gasteiger partial charge in [0.05, 0.1) is 13.2 Å². The van der Waals surface area contributed by atoms with Crippen LogP contribution in [-0.2, 0) is 19.1 Å². The molecule has 0 amide bonds. The number of carbonyl (C=O) groups excluding carboxylic acids is 2. The van der Waals surface area contributed by atoms with Crippen LogP contribution in [0.2, 0.25) is 0 Å². The maximum atomic E-state index is 11.8. The first-order valence-electron chi connectivity index (χ1n) is 11.8. The number of hydrogen-bond acceptors (Lipinski definition) is 6. The van der Waals surface area contributed by atoms with E-state index in [0.29, 0.717) is 25.0 Å². The van der Waals surface area contributed by atoms with Gasteiger partial charge in [-0.05, 0) is 36.5 Å². The van der Waals surface area contributed by atoms with Crippen LogP contribution in [0.3, 0.4) is 0 Å².